The third-order valence-corrected chi connectivity index (χ3v) is 2.67. The molecule has 0 saturated heterocycles. The number of rotatable bonds is 4. The number of halogens is 1. The maximum Gasteiger partial charge on any atom is 0.186 e. The summed E-state index contributed by atoms with van der Waals surface area (Å²) >= 11 is 8.25. The molecule has 18 heavy (non-hydrogen) atoms. The minimum Gasteiger partial charge on any atom is -0.364 e. The molecule has 3 N–H and O–H groups in total. The first kappa shape index (κ1) is 14.6. The lowest BCUT2D eigenvalue weighted by Crippen LogP contribution is -2.29. The monoisotopic (exact) mass is 327 g/mol. The van der Waals surface area contributed by atoms with Gasteiger partial charge in [-0.2, -0.15) is 10.2 Å². The average molecular weight is 328 g/mol. The van der Waals surface area contributed by atoms with Crippen molar-refractivity contribution in [3.05, 3.63) is 28.7 Å². The Bertz CT molecular complexity index is 455. The molecule has 0 saturated carbocycles. The van der Waals surface area contributed by atoms with E-state index in [1.807, 2.05) is 31.2 Å². The van der Waals surface area contributed by atoms with Crippen LogP contribution in [0.15, 0.2) is 38.9 Å². The quantitative estimate of drug-likeness (QED) is 0.451. The molecule has 0 aromatic heterocycles. The summed E-state index contributed by atoms with van der Waals surface area (Å²) < 4.78 is 1.03. The fourth-order valence-electron chi connectivity index (χ4n) is 0.948. The first-order valence-electron chi connectivity index (χ1n) is 5.18. The molecule has 0 atom stereocenters. The summed E-state index contributed by atoms with van der Waals surface area (Å²) in [5, 5.41) is 11.3. The zero-order valence-corrected chi connectivity index (χ0v) is 12.5. The van der Waals surface area contributed by atoms with Crippen molar-refractivity contribution in [2.24, 2.45) is 10.2 Å². The smallest absolute Gasteiger partial charge is 0.186 e. The average Bonchev–Trinajstić information content (AvgIpc) is 2.38. The summed E-state index contributed by atoms with van der Waals surface area (Å²) in [6.07, 6.45) is 1.60. The van der Waals surface area contributed by atoms with E-state index in [2.05, 4.69) is 42.3 Å². The van der Waals surface area contributed by atoms with Crippen LogP contribution in [-0.2, 0) is 0 Å². The normalized spacial score (nSPS) is 11.4. The van der Waals surface area contributed by atoms with E-state index >= 15 is 0 Å². The van der Waals surface area contributed by atoms with E-state index in [0.29, 0.717) is 10.8 Å². The predicted molar refractivity (Wildman–Crippen MR) is 84.2 cm³/mol. The van der Waals surface area contributed by atoms with Gasteiger partial charge in [-0.05, 0) is 43.4 Å². The number of nitrogens with one attached hydrogen (secondary N) is 3. The Morgan fingerprint density at radius 2 is 2.00 bits per heavy atom. The third-order valence-electron chi connectivity index (χ3n) is 1.85. The van der Waals surface area contributed by atoms with Crippen LogP contribution in [0, 0.1) is 0 Å². The highest BCUT2D eigenvalue weighted by Crippen LogP contribution is 2.13. The summed E-state index contributed by atoms with van der Waals surface area (Å²) in [6, 6.07) is 7.71. The standard InChI is InChI=1S/C11H14BrN5S/c1-8(15-17-11(18)13-2)7-14-16-10-5-3-9(12)4-6-10/h3-7,16H,1-2H3,(H2,13,17,18)/b14-7-,15-8-. The van der Waals surface area contributed by atoms with Gasteiger partial charge in [0, 0.05) is 11.5 Å². The van der Waals surface area contributed by atoms with Crippen molar-refractivity contribution < 1.29 is 0 Å². The Morgan fingerprint density at radius 3 is 2.61 bits per heavy atom. The van der Waals surface area contributed by atoms with Gasteiger partial charge in [-0.3, -0.25) is 10.9 Å². The number of nitrogens with zero attached hydrogens (tertiary/aromatic N) is 2. The molecule has 0 bridgehead atoms. The molecule has 0 heterocycles. The summed E-state index contributed by atoms with van der Waals surface area (Å²) in [5.74, 6) is 0. The number of hydrazone groups is 2. The van der Waals surface area contributed by atoms with Gasteiger partial charge in [0.25, 0.3) is 0 Å². The molecule has 1 aromatic rings. The molecule has 0 fully saturated rings. The summed E-state index contributed by atoms with van der Waals surface area (Å²) in [7, 11) is 1.73. The zero-order valence-electron chi connectivity index (χ0n) is 10.1. The van der Waals surface area contributed by atoms with Gasteiger partial charge in [0.2, 0.25) is 0 Å². The van der Waals surface area contributed by atoms with E-state index in [1.54, 1.807) is 13.3 Å². The zero-order chi connectivity index (χ0) is 13.4. The highest BCUT2D eigenvalue weighted by molar-refractivity contribution is 9.10. The lowest BCUT2D eigenvalue weighted by molar-refractivity contribution is 0.977. The summed E-state index contributed by atoms with van der Waals surface area (Å²) in [5.41, 5.74) is 7.18. The van der Waals surface area contributed by atoms with Crippen LogP contribution < -0.4 is 16.2 Å². The topological polar surface area (TPSA) is 60.8 Å². The van der Waals surface area contributed by atoms with Gasteiger partial charge in [-0.15, -0.1) is 0 Å². The SMILES string of the molecule is CNC(=S)N/N=C(C)\C=N/Nc1ccc(Br)cc1. The van der Waals surface area contributed by atoms with Crippen LogP contribution >= 0.6 is 28.1 Å². The predicted octanol–water partition coefficient (Wildman–Crippen LogP) is 2.32. The lowest BCUT2D eigenvalue weighted by Gasteiger charge is -2.01. The van der Waals surface area contributed by atoms with Crippen molar-refractivity contribution in [1.29, 1.82) is 0 Å². The van der Waals surface area contributed by atoms with Crippen molar-refractivity contribution in [2.75, 3.05) is 12.5 Å². The highest BCUT2D eigenvalue weighted by Gasteiger charge is 1.90. The van der Waals surface area contributed by atoms with Crippen LogP contribution in [0.25, 0.3) is 0 Å². The largest absolute Gasteiger partial charge is 0.364 e. The minimum atomic E-state index is 0.462. The molecular formula is C11H14BrN5S. The first-order valence-corrected chi connectivity index (χ1v) is 6.38. The molecule has 0 amide bonds. The van der Waals surface area contributed by atoms with Crippen LogP contribution in [0.5, 0.6) is 0 Å². The number of anilines is 1. The van der Waals surface area contributed by atoms with Crippen molar-refractivity contribution in [3.8, 4) is 0 Å². The number of benzene rings is 1. The lowest BCUT2D eigenvalue weighted by atomic mass is 10.3. The number of thiocarbonyl (C=S) groups is 1. The third kappa shape index (κ3) is 5.74. The Labute approximate surface area is 120 Å². The van der Waals surface area contributed by atoms with E-state index in [0.717, 1.165) is 10.2 Å². The molecule has 0 spiro atoms. The molecule has 0 aliphatic rings. The Morgan fingerprint density at radius 1 is 1.33 bits per heavy atom. The van der Waals surface area contributed by atoms with Crippen LogP contribution in [0.2, 0.25) is 0 Å². The highest BCUT2D eigenvalue weighted by atomic mass is 79.9. The molecule has 0 unspecified atom stereocenters. The van der Waals surface area contributed by atoms with Crippen molar-refractivity contribution in [1.82, 2.24) is 10.7 Å². The van der Waals surface area contributed by atoms with Gasteiger partial charge in [0.05, 0.1) is 17.6 Å². The van der Waals surface area contributed by atoms with Crippen LogP contribution in [0.3, 0.4) is 0 Å². The molecule has 0 radical (unpaired) electrons. The van der Waals surface area contributed by atoms with Gasteiger partial charge in [0.1, 0.15) is 0 Å². The fraction of sp³-hybridized carbons (Fsp3) is 0.182. The van der Waals surface area contributed by atoms with Crippen LogP contribution in [0.1, 0.15) is 6.92 Å². The molecule has 5 nitrogen and oxygen atoms in total. The second-order valence-corrected chi connectivity index (χ2v) is 4.64. The molecular weight excluding hydrogens is 314 g/mol. The molecule has 1 aromatic carbocycles. The summed E-state index contributed by atoms with van der Waals surface area (Å²) in [4.78, 5) is 0. The Hall–Kier alpha value is -1.47. The van der Waals surface area contributed by atoms with E-state index in [-0.39, 0.29) is 0 Å². The molecule has 0 aliphatic heterocycles. The van der Waals surface area contributed by atoms with Crippen LogP contribution in [0.4, 0.5) is 5.69 Å². The van der Waals surface area contributed by atoms with E-state index in [1.165, 1.54) is 0 Å². The van der Waals surface area contributed by atoms with E-state index < -0.39 is 0 Å². The van der Waals surface area contributed by atoms with E-state index in [4.69, 9.17) is 12.2 Å². The molecule has 1 rings (SSSR count). The molecule has 0 aliphatic carbocycles. The second kappa shape index (κ2) is 7.78. The number of hydrogen-bond acceptors (Lipinski definition) is 4. The van der Waals surface area contributed by atoms with Crippen LogP contribution in [-0.4, -0.2) is 24.1 Å². The minimum absolute atomic E-state index is 0.462. The van der Waals surface area contributed by atoms with Gasteiger partial charge in [0.15, 0.2) is 5.11 Å². The van der Waals surface area contributed by atoms with Gasteiger partial charge >= 0.3 is 0 Å². The Kier molecular flexibility index (Phi) is 6.31. The molecule has 7 heteroatoms. The fourth-order valence-corrected chi connectivity index (χ4v) is 1.26. The second-order valence-electron chi connectivity index (χ2n) is 3.32. The van der Waals surface area contributed by atoms with Gasteiger partial charge in [-0.25, -0.2) is 0 Å². The van der Waals surface area contributed by atoms with Crippen molar-refractivity contribution in [2.45, 2.75) is 6.92 Å². The van der Waals surface area contributed by atoms with Crippen molar-refractivity contribution in [3.63, 3.8) is 0 Å². The van der Waals surface area contributed by atoms with Gasteiger partial charge < -0.3 is 5.32 Å². The number of hydrogen-bond donors (Lipinski definition) is 3. The molecule has 96 valence electrons. The Balaban J connectivity index is 2.44. The first-order chi connectivity index (χ1) is 8.61. The maximum atomic E-state index is 4.88. The maximum absolute atomic E-state index is 4.88. The van der Waals surface area contributed by atoms with Crippen molar-refractivity contribution >= 4 is 50.9 Å². The van der Waals surface area contributed by atoms with E-state index in [9.17, 15) is 0 Å². The summed E-state index contributed by atoms with van der Waals surface area (Å²) in [6.45, 7) is 1.82. The van der Waals surface area contributed by atoms with Gasteiger partial charge in [-0.1, -0.05) is 15.9 Å².